The van der Waals surface area contributed by atoms with Crippen molar-refractivity contribution in [3.63, 3.8) is 0 Å². The third kappa shape index (κ3) is 4.53. The Morgan fingerprint density at radius 2 is 1.81 bits per heavy atom. The van der Waals surface area contributed by atoms with Gasteiger partial charge in [-0.3, -0.25) is 0 Å². The van der Waals surface area contributed by atoms with Gasteiger partial charge in [0.15, 0.2) is 0 Å². The zero-order valence-electron chi connectivity index (χ0n) is 12.1. The molecule has 0 aromatic heterocycles. The number of benzene rings is 2. The van der Waals surface area contributed by atoms with Crippen LogP contribution in [0, 0.1) is 0 Å². The van der Waals surface area contributed by atoms with E-state index in [1.165, 1.54) is 4.90 Å². The molecule has 0 heterocycles. The summed E-state index contributed by atoms with van der Waals surface area (Å²) in [5.74, 6) is 0. The molecular weight excluding hydrogens is 264 g/mol. The van der Waals surface area contributed by atoms with Crippen LogP contribution in [0.5, 0.6) is 0 Å². The Hall–Kier alpha value is -2.49. The van der Waals surface area contributed by atoms with Crippen molar-refractivity contribution in [3.8, 4) is 0 Å². The standard InChI is InChI=1S/C17H20N2O2/c1-2-11-19(17(20)21)13-14-7-6-10-16(12-14)18-15-8-4-3-5-9-15/h3-10,12,18H,2,11,13H2,1H3,(H,20,21). The minimum Gasteiger partial charge on any atom is -0.465 e. The molecule has 21 heavy (non-hydrogen) atoms. The van der Waals surface area contributed by atoms with Crippen molar-refractivity contribution in [2.45, 2.75) is 19.9 Å². The fraction of sp³-hybridized carbons (Fsp3) is 0.235. The van der Waals surface area contributed by atoms with Gasteiger partial charge in [0.05, 0.1) is 0 Å². The Labute approximate surface area is 125 Å². The van der Waals surface area contributed by atoms with Crippen molar-refractivity contribution in [2.75, 3.05) is 11.9 Å². The van der Waals surface area contributed by atoms with Crippen molar-refractivity contribution < 1.29 is 9.90 Å². The number of hydrogen-bond acceptors (Lipinski definition) is 2. The maximum absolute atomic E-state index is 11.2. The van der Waals surface area contributed by atoms with Crippen LogP contribution in [-0.2, 0) is 6.54 Å². The first-order chi connectivity index (χ1) is 10.2. The number of anilines is 2. The summed E-state index contributed by atoms with van der Waals surface area (Å²) < 4.78 is 0. The van der Waals surface area contributed by atoms with Gasteiger partial charge in [0.2, 0.25) is 0 Å². The maximum atomic E-state index is 11.2. The second kappa shape index (κ2) is 7.33. The van der Waals surface area contributed by atoms with Crippen LogP contribution in [-0.4, -0.2) is 22.6 Å². The first-order valence-electron chi connectivity index (χ1n) is 7.08. The van der Waals surface area contributed by atoms with E-state index in [0.717, 1.165) is 23.4 Å². The van der Waals surface area contributed by atoms with Crippen LogP contribution >= 0.6 is 0 Å². The lowest BCUT2D eigenvalue weighted by Crippen LogP contribution is -2.29. The number of para-hydroxylation sites is 1. The van der Waals surface area contributed by atoms with E-state index >= 15 is 0 Å². The Morgan fingerprint density at radius 1 is 1.10 bits per heavy atom. The lowest BCUT2D eigenvalue weighted by Gasteiger charge is -2.19. The first kappa shape index (κ1) is 14.9. The van der Waals surface area contributed by atoms with Crippen LogP contribution in [0.3, 0.4) is 0 Å². The van der Waals surface area contributed by atoms with E-state index in [2.05, 4.69) is 5.32 Å². The molecule has 0 spiro atoms. The highest BCUT2D eigenvalue weighted by molar-refractivity contribution is 5.65. The summed E-state index contributed by atoms with van der Waals surface area (Å²) in [6.07, 6.45) is -0.0629. The van der Waals surface area contributed by atoms with Crippen molar-refractivity contribution in [1.82, 2.24) is 4.90 Å². The van der Waals surface area contributed by atoms with Gasteiger partial charge in [-0.15, -0.1) is 0 Å². The summed E-state index contributed by atoms with van der Waals surface area (Å²) in [6.45, 7) is 2.93. The third-order valence-corrected chi connectivity index (χ3v) is 3.13. The van der Waals surface area contributed by atoms with E-state index in [4.69, 9.17) is 0 Å². The van der Waals surface area contributed by atoms with Crippen molar-refractivity contribution in [2.24, 2.45) is 0 Å². The van der Waals surface area contributed by atoms with Crippen LogP contribution in [0.4, 0.5) is 16.2 Å². The lowest BCUT2D eigenvalue weighted by atomic mass is 10.2. The van der Waals surface area contributed by atoms with Gasteiger partial charge in [0.25, 0.3) is 0 Å². The number of nitrogens with zero attached hydrogens (tertiary/aromatic N) is 1. The molecule has 0 aliphatic carbocycles. The van der Waals surface area contributed by atoms with Gasteiger partial charge < -0.3 is 15.3 Å². The van der Waals surface area contributed by atoms with Crippen LogP contribution in [0.2, 0.25) is 0 Å². The second-order valence-corrected chi connectivity index (χ2v) is 4.90. The van der Waals surface area contributed by atoms with E-state index in [0.29, 0.717) is 13.1 Å². The molecule has 0 aliphatic heterocycles. The molecule has 2 N–H and O–H groups in total. The predicted octanol–water partition coefficient (Wildman–Crippen LogP) is 4.32. The largest absolute Gasteiger partial charge is 0.465 e. The smallest absolute Gasteiger partial charge is 0.407 e. The van der Waals surface area contributed by atoms with E-state index in [-0.39, 0.29) is 0 Å². The molecule has 2 aromatic rings. The molecule has 1 amide bonds. The molecule has 4 heteroatoms. The molecule has 0 saturated carbocycles. The van der Waals surface area contributed by atoms with E-state index in [1.807, 2.05) is 61.5 Å². The predicted molar refractivity (Wildman–Crippen MR) is 84.9 cm³/mol. The van der Waals surface area contributed by atoms with Crippen molar-refractivity contribution in [3.05, 3.63) is 60.2 Å². The highest BCUT2D eigenvalue weighted by Crippen LogP contribution is 2.18. The first-order valence-corrected chi connectivity index (χ1v) is 7.08. The molecule has 0 saturated heterocycles. The van der Waals surface area contributed by atoms with Crippen LogP contribution in [0.25, 0.3) is 0 Å². The van der Waals surface area contributed by atoms with Gasteiger partial charge in [0, 0.05) is 24.5 Å². The molecule has 0 fully saturated rings. The molecule has 2 aromatic carbocycles. The average Bonchev–Trinajstić information content (AvgIpc) is 2.48. The fourth-order valence-electron chi connectivity index (χ4n) is 2.17. The minimum atomic E-state index is -0.877. The average molecular weight is 284 g/mol. The zero-order chi connectivity index (χ0) is 15.1. The number of carboxylic acid groups (broad SMARTS) is 1. The summed E-state index contributed by atoms with van der Waals surface area (Å²) in [4.78, 5) is 12.6. The summed E-state index contributed by atoms with van der Waals surface area (Å²) in [7, 11) is 0. The normalized spacial score (nSPS) is 10.1. The molecule has 0 radical (unpaired) electrons. The van der Waals surface area contributed by atoms with E-state index < -0.39 is 6.09 Å². The van der Waals surface area contributed by atoms with Gasteiger partial charge >= 0.3 is 6.09 Å². The van der Waals surface area contributed by atoms with Crippen LogP contribution in [0.15, 0.2) is 54.6 Å². The van der Waals surface area contributed by atoms with Crippen molar-refractivity contribution >= 4 is 17.5 Å². The number of rotatable bonds is 6. The summed E-state index contributed by atoms with van der Waals surface area (Å²) >= 11 is 0. The van der Waals surface area contributed by atoms with E-state index in [9.17, 15) is 9.90 Å². The monoisotopic (exact) mass is 284 g/mol. The topological polar surface area (TPSA) is 52.6 Å². The summed E-state index contributed by atoms with van der Waals surface area (Å²) in [6, 6.07) is 17.7. The van der Waals surface area contributed by atoms with Gasteiger partial charge in [-0.05, 0) is 36.2 Å². The highest BCUT2D eigenvalue weighted by atomic mass is 16.4. The molecule has 0 atom stereocenters. The molecule has 0 unspecified atom stereocenters. The quantitative estimate of drug-likeness (QED) is 0.830. The maximum Gasteiger partial charge on any atom is 0.407 e. The van der Waals surface area contributed by atoms with Crippen LogP contribution < -0.4 is 5.32 Å². The number of hydrogen-bond donors (Lipinski definition) is 2. The zero-order valence-corrected chi connectivity index (χ0v) is 12.1. The van der Waals surface area contributed by atoms with Crippen molar-refractivity contribution in [1.29, 1.82) is 0 Å². The third-order valence-electron chi connectivity index (χ3n) is 3.13. The number of nitrogens with one attached hydrogen (secondary N) is 1. The minimum absolute atomic E-state index is 0.410. The van der Waals surface area contributed by atoms with Gasteiger partial charge in [-0.1, -0.05) is 37.3 Å². The Morgan fingerprint density at radius 3 is 2.48 bits per heavy atom. The summed E-state index contributed by atoms with van der Waals surface area (Å²) in [5.41, 5.74) is 2.95. The highest BCUT2D eigenvalue weighted by Gasteiger charge is 2.11. The van der Waals surface area contributed by atoms with Crippen LogP contribution in [0.1, 0.15) is 18.9 Å². The van der Waals surface area contributed by atoms with Gasteiger partial charge in [-0.2, -0.15) is 0 Å². The SMILES string of the molecule is CCCN(Cc1cccc(Nc2ccccc2)c1)C(=O)O. The molecule has 2 rings (SSSR count). The number of amides is 1. The van der Waals surface area contributed by atoms with Gasteiger partial charge in [-0.25, -0.2) is 4.79 Å². The fourth-order valence-corrected chi connectivity index (χ4v) is 2.17. The second-order valence-electron chi connectivity index (χ2n) is 4.90. The molecule has 0 aliphatic rings. The van der Waals surface area contributed by atoms with E-state index in [1.54, 1.807) is 0 Å². The molecule has 0 bridgehead atoms. The lowest BCUT2D eigenvalue weighted by molar-refractivity contribution is 0.142. The molecular formula is C17H20N2O2. The Balaban J connectivity index is 2.08. The molecule has 4 nitrogen and oxygen atoms in total. The Bertz CT molecular complexity index is 584. The molecule has 110 valence electrons. The summed E-state index contributed by atoms with van der Waals surface area (Å²) in [5, 5.41) is 12.5. The van der Waals surface area contributed by atoms with Gasteiger partial charge in [0.1, 0.15) is 0 Å². The Kier molecular flexibility index (Phi) is 5.21. The number of carbonyl (C=O) groups is 1.